The van der Waals surface area contributed by atoms with Crippen LogP contribution in [-0.2, 0) is 7.05 Å². The minimum absolute atomic E-state index is 0.0361. The third-order valence-electron chi connectivity index (χ3n) is 1.87. The molecule has 8 heteroatoms. The smallest absolute Gasteiger partial charge is 0.321 e. The highest BCUT2D eigenvalue weighted by Gasteiger charge is 2.12. The van der Waals surface area contributed by atoms with Crippen LogP contribution < -0.4 is 4.74 Å². The topological polar surface area (TPSA) is 78.6 Å². The van der Waals surface area contributed by atoms with Crippen molar-refractivity contribution in [3.63, 3.8) is 0 Å². The molecule has 0 aliphatic heterocycles. The van der Waals surface area contributed by atoms with E-state index in [9.17, 15) is 0 Å². The van der Waals surface area contributed by atoms with Gasteiger partial charge in [0, 0.05) is 7.05 Å². The van der Waals surface area contributed by atoms with Crippen LogP contribution in [0.25, 0.3) is 11.5 Å². The summed E-state index contributed by atoms with van der Waals surface area (Å²) < 4.78 is 6.92. The van der Waals surface area contributed by atoms with E-state index in [4.69, 9.17) is 16.3 Å². The summed E-state index contributed by atoms with van der Waals surface area (Å²) in [6.07, 6.45) is 1.51. The molecule has 0 radical (unpaired) electrons. The van der Waals surface area contributed by atoms with Crippen LogP contribution in [0.2, 0.25) is 5.28 Å². The maximum absolute atomic E-state index is 5.81. The molecular weight excluding hydrogens is 244 g/mol. The number of ether oxygens (including phenoxy) is 1. The van der Waals surface area contributed by atoms with Gasteiger partial charge >= 0.3 is 6.01 Å². The van der Waals surface area contributed by atoms with E-state index in [2.05, 4.69) is 25.3 Å². The fourth-order valence-corrected chi connectivity index (χ4v) is 1.35. The molecular formula is C9H11ClN6O. The first kappa shape index (κ1) is 11.7. The van der Waals surface area contributed by atoms with Gasteiger partial charge in [0.15, 0.2) is 5.82 Å². The van der Waals surface area contributed by atoms with Crippen molar-refractivity contribution < 1.29 is 4.74 Å². The summed E-state index contributed by atoms with van der Waals surface area (Å²) in [5.74, 6) is 0.383. The van der Waals surface area contributed by atoms with Crippen LogP contribution in [0.15, 0.2) is 6.20 Å². The van der Waals surface area contributed by atoms with E-state index in [1.165, 1.54) is 0 Å². The van der Waals surface area contributed by atoms with E-state index in [0.717, 1.165) is 0 Å². The lowest BCUT2D eigenvalue weighted by Crippen LogP contribution is -2.10. The van der Waals surface area contributed by atoms with Crippen LogP contribution in [0.3, 0.4) is 0 Å². The molecule has 0 unspecified atom stereocenters. The van der Waals surface area contributed by atoms with Crippen LogP contribution in [0, 0.1) is 0 Å². The van der Waals surface area contributed by atoms with Crippen LogP contribution >= 0.6 is 11.6 Å². The standard InChI is InChI=1S/C9H11ClN6O/c1-5(2)17-9-13-7(12-8(10)14-9)6-4-11-15-16(6)3/h4-5H,1-3H3. The van der Waals surface area contributed by atoms with Gasteiger partial charge in [-0.15, -0.1) is 5.10 Å². The monoisotopic (exact) mass is 254 g/mol. The third kappa shape index (κ3) is 2.68. The predicted octanol–water partition coefficient (Wildman–Crippen LogP) is 1.11. The van der Waals surface area contributed by atoms with Crippen molar-refractivity contribution in [3.05, 3.63) is 11.5 Å². The number of aromatic nitrogens is 6. The van der Waals surface area contributed by atoms with Gasteiger partial charge in [0.2, 0.25) is 5.28 Å². The summed E-state index contributed by atoms with van der Waals surface area (Å²) in [5, 5.41) is 7.62. The van der Waals surface area contributed by atoms with E-state index < -0.39 is 0 Å². The molecule has 0 spiro atoms. The maximum Gasteiger partial charge on any atom is 0.321 e. The molecule has 2 heterocycles. The lowest BCUT2D eigenvalue weighted by atomic mass is 10.4. The molecule has 0 bridgehead atoms. The first-order chi connectivity index (χ1) is 8.06. The lowest BCUT2D eigenvalue weighted by Gasteiger charge is -2.08. The summed E-state index contributed by atoms with van der Waals surface area (Å²) in [6.45, 7) is 3.76. The Kier molecular flexibility index (Phi) is 3.19. The van der Waals surface area contributed by atoms with Gasteiger partial charge in [0.25, 0.3) is 0 Å². The molecule has 0 saturated carbocycles. The second-order valence-electron chi connectivity index (χ2n) is 3.62. The van der Waals surface area contributed by atoms with E-state index >= 15 is 0 Å². The quantitative estimate of drug-likeness (QED) is 0.816. The fraction of sp³-hybridized carbons (Fsp3) is 0.444. The van der Waals surface area contributed by atoms with Crippen molar-refractivity contribution in [1.29, 1.82) is 0 Å². The molecule has 0 aliphatic rings. The van der Waals surface area contributed by atoms with Gasteiger partial charge in [-0.05, 0) is 25.4 Å². The Morgan fingerprint density at radius 1 is 1.29 bits per heavy atom. The zero-order valence-electron chi connectivity index (χ0n) is 9.62. The zero-order valence-corrected chi connectivity index (χ0v) is 10.4. The molecule has 7 nitrogen and oxygen atoms in total. The van der Waals surface area contributed by atoms with Crippen molar-refractivity contribution in [1.82, 2.24) is 29.9 Å². The molecule has 90 valence electrons. The molecule has 0 aliphatic carbocycles. The molecule has 0 saturated heterocycles. The average Bonchev–Trinajstić information content (AvgIpc) is 2.62. The fourth-order valence-electron chi connectivity index (χ4n) is 1.20. The number of rotatable bonds is 3. The molecule has 0 fully saturated rings. The molecule has 0 atom stereocenters. The Balaban J connectivity index is 2.42. The van der Waals surface area contributed by atoms with Crippen LogP contribution in [0.5, 0.6) is 6.01 Å². The summed E-state index contributed by atoms with van der Waals surface area (Å²) in [7, 11) is 1.74. The van der Waals surface area contributed by atoms with Gasteiger partial charge in [0.1, 0.15) is 5.69 Å². The van der Waals surface area contributed by atoms with Crippen molar-refractivity contribution in [2.24, 2.45) is 7.05 Å². The van der Waals surface area contributed by atoms with Gasteiger partial charge < -0.3 is 4.74 Å². The second-order valence-corrected chi connectivity index (χ2v) is 3.96. The average molecular weight is 255 g/mol. The molecule has 0 aromatic carbocycles. The Hall–Kier alpha value is -1.76. The molecule has 2 rings (SSSR count). The predicted molar refractivity (Wildman–Crippen MR) is 60.6 cm³/mol. The molecule has 2 aromatic heterocycles. The van der Waals surface area contributed by atoms with Crippen molar-refractivity contribution in [2.75, 3.05) is 0 Å². The Morgan fingerprint density at radius 3 is 2.65 bits per heavy atom. The van der Waals surface area contributed by atoms with Gasteiger partial charge in [-0.25, -0.2) is 4.68 Å². The highest BCUT2D eigenvalue weighted by atomic mass is 35.5. The van der Waals surface area contributed by atoms with Crippen molar-refractivity contribution >= 4 is 11.6 Å². The minimum Gasteiger partial charge on any atom is -0.461 e. The molecule has 17 heavy (non-hydrogen) atoms. The Bertz CT molecular complexity index is 526. The Labute approximate surface area is 103 Å². The van der Waals surface area contributed by atoms with Crippen LogP contribution in [0.1, 0.15) is 13.8 Å². The SMILES string of the molecule is CC(C)Oc1nc(Cl)nc(-c2cnnn2C)n1. The molecule has 0 amide bonds. The second kappa shape index (κ2) is 4.62. The summed E-state index contributed by atoms with van der Waals surface area (Å²) >= 11 is 5.81. The van der Waals surface area contributed by atoms with E-state index in [1.807, 2.05) is 13.8 Å². The third-order valence-corrected chi connectivity index (χ3v) is 2.04. The van der Waals surface area contributed by atoms with Crippen LogP contribution in [-0.4, -0.2) is 36.0 Å². The van der Waals surface area contributed by atoms with Crippen LogP contribution in [0.4, 0.5) is 0 Å². The highest BCUT2D eigenvalue weighted by Crippen LogP contribution is 2.17. The largest absolute Gasteiger partial charge is 0.461 e. The van der Waals surface area contributed by atoms with Crippen molar-refractivity contribution in [3.8, 4) is 17.5 Å². The van der Waals surface area contributed by atoms with Gasteiger partial charge in [-0.2, -0.15) is 15.0 Å². The Morgan fingerprint density at radius 2 is 2.06 bits per heavy atom. The number of nitrogens with zero attached hydrogens (tertiary/aromatic N) is 6. The van der Waals surface area contributed by atoms with Gasteiger partial charge in [-0.1, -0.05) is 5.21 Å². The van der Waals surface area contributed by atoms with E-state index in [0.29, 0.717) is 11.5 Å². The van der Waals surface area contributed by atoms with E-state index in [1.54, 1.807) is 17.9 Å². The van der Waals surface area contributed by atoms with Crippen molar-refractivity contribution in [2.45, 2.75) is 20.0 Å². The minimum atomic E-state index is -0.0361. The summed E-state index contributed by atoms with van der Waals surface area (Å²) in [5.41, 5.74) is 0.642. The molecule has 2 aromatic rings. The number of hydrogen-bond acceptors (Lipinski definition) is 6. The normalized spacial score (nSPS) is 10.9. The number of halogens is 1. The van der Waals surface area contributed by atoms with Gasteiger partial charge in [0.05, 0.1) is 12.3 Å². The summed E-state index contributed by atoms with van der Waals surface area (Å²) in [4.78, 5) is 12.0. The maximum atomic E-state index is 5.81. The zero-order chi connectivity index (χ0) is 12.4. The van der Waals surface area contributed by atoms with Gasteiger partial charge in [-0.3, -0.25) is 0 Å². The van der Waals surface area contributed by atoms with E-state index in [-0.39, 0.29) is 17.4 Å². The molecule has 0 N–H and O–H groups in total. The summed E-state index contributed by atoms with van der Waals surface area (Å²) in [6, 6.07) is 0.191. The number of hydrogen-bond donors (Lipinski definition) is 0. The first-order valence-corrected chi connectivity index (χ1v) is 5.37. The number of aryl methyl sites for hydroxylation is 1. The first-order valence-electron chi connectivity index (χ1n) is 4.99. The highest BCUT2D eigenvalue weighted by molar-refractivity contribution is 6.28. The lowest BCUT2D eigenvalue weighted by molar-refractivity contribution is 0.221.